The van der Waals surface area contributed by atoms with E-state index in [4.69, 9.17) is 0 Å². The van der Waals surface area contributed by atoms with Gasteiger partial charge in [0.15, 0.2) is 0 Å². The van der Waals surface area contributed by atoms with Crippen molar-refractivity contribution in [3.63, 3.8) is 0 Å². The Morgan fingerprint density at radius 2 is 2.12 bits per heavy atom. The lowest BCUT2D eigenvalue weighted by Gasteiger charge is -2.30. The highest BCUT2D eigenvalue weighted by atomic mass is 16.2. The van der Waals surface area contributed by atoms with Crippen molar-refractivity contribution in [3.05, 3.63) is 0 Å². The number of likely N-dealkylation sites (tertiary alicyclic amines) is 1. The third kappa shape index (κ3) is 2.65. The molecule has 2 aliphatic heterocycles. The molecule has 2 rings (SSSR count). The molecule has 2 fully saturated rings. The first kappa shape index (κ1) is 12.9. The lowest BCUT2D eigenvalue weighted by atomic mass is 9.82. The molecular weight excluding hydrogens is 212 g/mol. The summed E-state index contributed by atoms with van der Waals surface area (Å²) in [6.07, 6.45) is 7.04. The van der Waals surface area contributed by atoms with E-state index in [1.54, 1.807) is 0 Å². The van der Waals surface area contributed by atoms with Crippen LogP contribution in [0.5, 0.6) is 0 Å². The summed E-state index contributed by atoms with van der Waals surface area (Å²) < 4.78 is 0. The molecule has 0 unspecified atom stereocenters. The molecule has 2 saturated heterocycles. The molecule has 2 heterocycles. The van der Waals surface area contributed by atoms with Crippen LogP contribution in [0, 0.1) is 5.41 Å². The van der Waals surface area contributed by atoms with Gasteiger partial charge in [0.25, 0.3) is 0 Å². The number of nitrogens with one attached hydrogen (secondary N) is 1. The molecule has 0 aromatic rings. The van der Waals surface area contributed by atoms with Gasteiger partial charge in [0.2, 0.25) is 5.91 Å². The van der Waals surface area contributed by atoms with Crippen LogP contribution in [0.25, 0.3) is 0 Å². The van der Waals surface area contributed by atoms with E-state index >= 15 is 0 Å². The summed E-state index contributed by atoms with van der Waals surface area (Å²) in [5, 5.41) is 3.37. The van der Waals surface area contributed by atoms with Crippen LogP contribution in [0.1, 0.15) is 52.4 Å². The molecule has 0 spiro atoms. The van der Waals surface area contributed by atoms with E-state index < -0.39 is 0 Å². The number of rotatable bonds is 3. The highest BCUT2D eigenvalue weighted by Gasteiger charge is 2.38. The van der Waals surface area contributed by atoms with Gasteiger partial charge in [0.1, 0.15) is 0 Å². The normalized spacial score (nSPS) is 28.4. The molecule has 1 atom stereocenters. The Hall–Kier alpha value is -0.570. The quantitative estimate of drug-likeness (QED) is 0.817. The molecule has 1 N–H and O–H groups in total. The fourth-order valence-electron chi connectivity index (χ4n) is 3.23. The van der Waals surface area contributed by atoms with Crippen molar-refractivity contribution in [2.24, 2.45) is 5.41 Å². The van der Waals surface area contributed by atoms with E-state index in [1.807, 2.05) is 0 Å². The van der Waals surface area contributed by atoms with Crippen LogP contribution >= 0.6 is 0 Å². The first-order chi connectivity index (χ1) is 8.21. The molecule has 0 bridgehead atoms. The second-order valence-corrected chi connectivity index (χ2v) is 5.72. The Balaban J connectivity index is 1.93. The highest BCUT2D eigenvalue weighted by molar-refractivity contribution is 5.82. The lowest BCUT2D eigenvalue weighted by Crippen LogP contribution is -2.48. The second-order valence-electron chi connectivity index (χ2n) is 5.72. The summed E-state index contributed by atoms with van der Waals surface area (Å²) in [7, 11) is 0. The maximum Gasteiger partial charge on any atom is 0.239 e. The maximum absolute atomic E-state index is 12.4. The molecule has 98 valence electrons. The smallest absolute Gasteiger partial charge is 0.239 e. The number of hydrogen-bond acceptors (Lipinski definition) is 2. The van der Waals surface area contributed by atoms with Gasteiger partial charge in [0, 0.05) is 13.1 Å². The summed E-state index contributed by atoms with van der Waals surface area (Å²) in [4.78, 5) is 14.5. The van der Waals surface area contributed by atoms with Crippen molar-refractivity contribution in [2.45, 2.75) is 58.4 Å². The average Bonchev–Trinajstić information content (AvgIpc) is 2.84. The molecular formula is C14H26N2O. The molecule has 3 nitrogen and oxygen atoms in total. The zero-order valence-electron chi connectivity index (χ0n) is 11.3. The van der Waals surface area contributed by atoms with Crippen LogP contribution in [0.2, 0.25) is 0 Å². The Labute approximate surface area is 105 Å². The minimum absolute atomic E-state index is 0.105. The fraction of sp³-hybridized carbons (Fsp3) is 0.929. The SMILES string of the molecule is CCC1(CC)CCN(C(=O)[C@H]2CCCCN2)C1. The lowest BCUT2D eigenvalue weighted by molar-refractivity contribution is -0.133. The van der Waals surface area contributed by atoms with E-state index in [1.165, 1.54) is 32.1 Å². The molecule has 1 amide bonds. The highest BCUT2D eigenvalue weighted by Crippen LogP contribution is 2.37. The van der Waals surface area contributed by atoms with Gasteiger partial charge < -0.3 is 10.2 Å². The Morgan fingerprint density at radius 3 is 2.65 bits per heavy atom. The van der Waals surface area contributed by atoms with Crippen LogP contribution < -0.4 is 5.32 Å². The molecule has 0 aromatic heterocycles. The van der Waals surface area contributed by atoms with Crippen molar-refractivity contribution in [1.29, 1.82) is 0 Å². The molecule has 0 aromatic carbocycles. The molecule has 0 saturated carbocycles. The summed E-state index contributed by atoms with van der Waals surface area (Å²) in [5.41, 5.74) is 0.407. The van der Waals surface area contributed by atoms with Gasteiger partial charge in [-0.15, -0.1) is 0 Å². The van der Waals surface area contributed by atoms with Gasteiger partial charge in [-0.25, -0.2) is 0 Å². The van der Waals surface area contributed by atoms with Crippen molar-refractivity contribution >= 4 is 5.91 Å². The van der Waals surface area contributed by atoms with E-state index in [2.05, 4.69) is 24.1 Å². The molecule has 0 radical (unpaired) electrons. The number of hydrogen-bond donors (Lipinski definition) is 1. The van der Waals surface area contributed by atoms with Gasteiger partial charge in [-0.05, 0) is 44.1 Å². The number of piperidine rings is 1. The predicted molar refractivity (Wildman–Crippen MR) is 69.9 cm³/mol. The van der Waals surface area contributed by atoms with Crippen LogP contribution in [0.4, 0.5) is 0 Å². The minimum atomic E-state index is 0.105. The summed E-state index contributed by atoms with van der Waals surface area (Å²) in [6.45, 7) is 7.49. The molecule has 0 aliphatic carbocycles. The third-order valence-electron chi connectivity index (χ3n) is 4.86. The number of nitrogens with zero attached hydrogens (tertiary/aromatic N) is 1. The van der Waals surface area contributed by atoms with Gasteiger partial charge in [-0.3, -0.25) is 4.79 Å². The Morgan fingerprint density at radius 1 is 1.35 bits per heavy atom. The topological polar surface area (TPSA) is 32.3 Å². The summed E-state index contributed by atoms with van der Waals surface area (Å²) >= 11 is 0. The first-order valence-corrected chi connectivity index (χ1v) is 7.23. The Bertz CT molecular complexity index is 267. The monoisotopic (exact) mass is 238 g/mol. The van der Waals surface area contributed by atoms with Gasteiger partial charge >= 0.3 is 0 Å². The fourth-order valence-corrected chi connectivity index (χ4v) is 3.23. The van der Waals surface area contributed by atoms with Crippen LogP contribution in [-0.4, -0.2) is 36.5 Å². The largest absolute Gasteiger partial charge is 0.341 e. The Kier molecular flexibility index (Phi) is 4.08. The van der Waals surface area contributed by atoms with Gasteiger partial charge in [0.05, 0.1) is 6.04 Å². The second kappa shape index (κ2) is 5.38. The van der Waals surface area contributed by atoms with Gasteiger partial charge in [-0.2, -0.15) is 0 Å². The van der Waals surface area contributed by atoms with Crippen molar-refractivity contribution in [1.82, 2.24) is 10.2 Å². The minimum Gasteiger partial charge on any atom is -0.341 e. The van der Waals surface area contributed by atoms with Crippen LogP contribution in [-0.2, 0) is 4.79 Å². The van der Waals surface area contributed by atoms with Crippen molar-refractivity contribution in [2.75, 3.05) is 19.6 Å². The van der Waals surface area contributed by atoms with E-state index in [-0.39, 0.29) is 6.04 Å². The van der Waals surface area contributed by atoms with Crippen LogP contribution in [0.3, 0.4) is 0 Å². The van der Waals surface area contributed by atoms with Crippen LogP contribution in [0.15, 0.2) is 0 Å². The molecule has 3 heteroatoms. The van der Waals surface area contributed by atoms with Crippen molar-refractivity contribution in [3.8, 4) is 0 Å². The molecule has 2 aliphatic rings. The van der Waals surface area contributed by atoms with Gasteiger partial charge in [-0.1, -0.05) is 20.3 Å². The molecule has 17 heavy (non-hydrogen) atoms. The average molecular weight is 238 g/mol. The number of carbonyl (C=O) groups is 1. The van der Waals surface area contributed by atoms with Crippen molar-refractivity contribution < 1.29 is 4.79 Å². The van der Waals surface area contributed by atoms with E-state index in [0.717, 1.165) is 26.1 Å². The zero-order valence-corrected chi connectivity index (χ0v) is 11.3. The third-order valence-corrected chi connectivity index (χ3v) is 4.86. The zero-order chi connectivity index (χ0) is 12.3. The first-order valence-electron chi connectivity index (χ1n) is 7.23. The number of carbonyl (C=O) groups excluding carboxylic acids is 1. The summed E-state index contributed by atoms with van der Waals surface area (Å²) in [6, 6.07) is 0.105. The maximum atomic E-state index is 12.4. The summed E-state index contributed by atoms with van der Waals surface area (Å²) in [5.74, 6) is 0.355. The van der Waals surface area contributed by atoms with E-state index in [0.29, 0.717) is 11.3 Å². The predicted octanol–water partition coefficient (Wildman–Crippen LogP) is 2.17. The van der Waals surface area contributed by atoms with E-state index in [9.17, 15) is 4.79 Å². The number of amides is 1. The standard InChI is InChI=1S/C14H26N2O/c1-3-14(4-2)8-10-16(11-14)13(17)12-7-5-6-9-15-12/h12,15H,3-11H2,1-2H3/t12-/m1/s1.